The Balaban J connectivity index is 1.99. The molecule has 3 unspecified atom stereocenters. The molecule has 0 saturated heterocycles. The highest BCUT2D eigenvalue weighted by Crippen LogP contribution is 2.61. The fraction of sp³-hybridized carbons (Fsp3) is 0.389. The van der Waals surface area contributed by atoms with Gasteiger partial charge in [0, 0.05) is 24.2 Å². The number of rotatable bonds is 5. The number of carbonyl (C=O) groups excluding carboxylic acids is 1. The normalized spacial score (nSPS) is 21.7. The summed E-state index contributed by atoms with van der Waals surface area (Å²) in [6.07, 6.45) is 3.30. The number of aryl methyl sites for hydroxylation is 1. The lowest BCUT2D eigenvalue weighted by molar-refractivity contribution is -0.144. The topological polar surface area (TPSA) is 61.3 Å². The number of nitrogens with zero attached hydrogens (tertiary/aromatic N) is 2. The molecule has 1 aromatic carbocycles. The molecule has 0 N–H and O–H groups in total. The Morgan fingerprint density at radius 1 is 1.16 bits per heavy atom. The van der Waals surface area contributed by atoms with Gasteiger partial charge in [0.2, 0.25) is 5.82 Å². The molecule has 5 nitrogen and oxygen atoms in total. The molecule has 1 aliphatic carbocycles. The van der Waals surface area contributed by atoms with Crippen LogP contribution in [0.25, 0.3) is 0 Å². The van der Waals surface area contributed by atoms with Crippen LogP contribution in [-0.2, 0) is 9.53 Å². The van der Waals surface area contributed by atoms with E-state index in [0.717, 1.165) is 11.6 Å². The van der Waals surface area contributed by atoms with Crippen molar-refractivity contribution in [1.82, 2.24) is 9.97 Å². The first-order valence-corrected chi connectivity index (χ1v) is 7.96. The maximum absolute atomic E-state index is 13.9. The number of methoxy groups -OCH3 is 1. The van der Waals surface area contributed by atoms with Crippen molar-refractivity contribution in [3.8, 4) is 5.75 Å². The first kappa shape index (κ1) is 17.3. The second-order valence-corrected chi connectivity index (χ2v) is 5.91. The van der Waals surface area contributed by atoms with Gasteiger partial charge < -0.3 is 9.47 Å². The maximum atomic E-state index is 13.9. The van der Waals surface area contributed by atoms with E-state index in [1.54, 1.807) is 26.2 Å². The summed E-state index contributed by atoms with van der Waals surface area (Å²) >= 11 is 0. The molecule has 132 valence electrons. The average Bonchev–Trinajstić information content (AvgIpc) is 3.34. The monoisotopic (exact) mass is 348 g/mol. The van der Waals surface area contributed by atoms with Gasteiger partial charge in [-0.25, -0.2) is 14.4 Å². The van der Waals surface area contributed by atoms with Crippen molar-refractivity contribution in [2.45, 2.75) is 25.7 Å². The molecule has 3 rings (SSSR count). The molecule has 25 heavy (non-hydrogen) atoms. The summed E-state index contributed by atoms with van der Waals surface area (Å²) in [5, 5.41) is 0. The highest BCUT2D eigenvalue weighted by atomic mass is 19.2. The third-order valence-electron chi connectivity index (χ3n) is 4.39. The number of halogens is 2. The number of hydrogen-bond donors (Lipinski definition) is 0. The van der Waals surface area contributed by atoms with Crippen molar-refractivity contribution in [2.24, 2.45) is 5.92 Å². The molecule has 1 aliphatic rings. The lowest BCUT2D eigenvalue weighted by atomic mass is 10.1. The standard InChI is InChI=1S/C18H18F2N2O3/c1-4-25-18(23)16-14(15(16)11-7-21-9(2)22-8-11)10-5-12(19)17(20)13(6-10)24-3/h5-8,14-16H,4H2,1-3H3. The zero-order chi connectivity index (χ0) is 18.1. The van der Waals surface area contributed by atoms with Gasteiger partial charge >= 0.3 is 5.97 Å². The Hall–Kier alpha value is -2.57. The second-order valence-electron chi connectivity index (χ2n) is 5.91. The van der Waals surface area contributed by atoms with Crippen LogP contribution in [0.1, 0.15) is 35.7 Å². The summed E-state index contributed by atoms with van der Waals surface area (Å²) in [5.74, 6) is -3.07. The molecule has 1 aromatic heterocycles. The SMILES string of the molecule is CCOC(=O)C1C(c2cnc(C)nc2)C1c1cc(F)c(F)c(OC)c1. The van der Waals surface area contributed by atoms with E-state index in [4.69, 9.17) is 9.47 Å². The number of aromatic nitrogens is 2. The quantitative estimate of drug-likeness (QED) is 0.777. The summed E-state index contributed by atoms with van der Waals surface area (Å²) in [5.41, 5.74) is 1.25. The Kier molecular flexibility index (Phi) is 4.65. The van der Waals surface area contributed by atoms with E-state index in [-0.39, 0.29) is 30.2 Å². The summed E-state index contributed by atoms with van der Waals surface area (Å²) < 4.78 is 37.6. The highest BCUT2D eigenvalue weighted by molar-refractivity contribution is 5.80. The van der Waals surface area contributed by atoms with E-state index in [1.165, 1.54) is 13.2 Å². The Morgan fingerprint density at radius 2 is 1.80 bits per heavy atom. The molecule has 0 radical (unpaired) electrons. The van der Waals surface area contributed by atoms with Gasteiger partial charge in [-0.1, -0.05) is 0 Å². The van der Waals surface area contributed by atoms with E-state index in [1.807, 2.05) is 0 Å². The Morgan fingerprint density at radius 3 is 2.40 bits per heavy atom. The van der Waals surface area contributed by atoms with E-state index < -0.39 is 17.6 Å². The molecule has 3 atom stereocenters. The van der Waals surface area contributed by atoms with Crippen LogP contribution in [0.15, 0.2) is 24.5 Å². The van der Waals surface area contributed by atoms with Gasteiger partial charge in [-0.05, 0) is 37.1 Å². The van der Waals surface area contributed by atoms with Crippen molar-refractivity contribution < 1.29 is 23.0 Å². The summed E-state index contributed by atoms with van der Waals surface area (Å²) in [6.45, 7) is 3.73. The fourth-order valence-corrected chi connectivity index (χ4v) is 3.17. The third-order valence-corrected chi connectivity index (χ3v) is 4.39. The molecule has 1 heterocycles. The lowest BCUT2D eigenvalue weighted by Gasteiger charge is -2.07. The van der Waals surface area contributed by atoms with E-state index in [9.17, 15) is 13.6 Å². The molecular weight excluding hydrogens is 330 g/mol. The average molecular weight is 348 g/mol. The summed E-state index contributed by atoms with van der Waals surface area (Å²) in [7, 11) is 1.27. The molecule has 0 amide bonds. The smallest absolute Gasteiger partial charge is 0.310 e. The van der Waals surface area contributed by atoms with Crippen molar-refractivity contribution in [2.75, 3.05) is 13.7 Å². The number of carbonyl (C=O) groups is 1. The minimum atomic E-state index is -1.05. The van der Waals surface area contributed by atoms with Crippen LogP contribution in [0.4, 0.5) is 8.78 Å². The predicted octanol–water partition coefficient (Wildman–Crippen LogP) is 3.13. The van der Waals surface area contributed by atoms with Gasteiger partial charge in [0.05, 0.1) is 19.6 Å². The first-order chi connectivity index (χ1) is 12.0. The fourth-order valence-electron chi connectivity index (χ4n) is 3.17. The number of hydrogen-bond acceptors (Lipinski definition) is 5. The van der Waals surface area contributed by atoms with Crippen LogP contribution in [0.5, 0.6) is 5.75 Å². The van der Waals surface area contributed by atoms with Crippen LogP contribution >= 0.6 is 0 Å². The second kappa shape index (κ2) is 6.74. The minimum absolute atomic E-state index is 0.191. The van der Waals surface area contributed by atoms with Gasteiger partial charge in [-0.2, -0.15) is 4.39 Å². The van der Waals surface area contributed by atoms with Gasteiger partial charge in [-0.15, -0.1) is 0 Å². The van der Waals surface area contributed by atoms with Gasteiger partial charge in [0.15, 0.2) is 11.6 Å². The molecule has 0 spiro atoms. The summed E-state index contributed by atoms with van der Waals surface area (Å²) in [4.78, 5) is 20.6. The van der Waals surface area contributed by atoms with Crippen LogP contribution in [0, 0.1) is 24.5 Å². The van der Waals surface area contributed by atoms with Crippen LogP contribution in [-0.4, -0.2) is 29.7 Å². The highest BCUT2D eigenvalue weighted by Gasteiger charge is 2.57. The largest absolute Gasteiger partial charge is 0.494 e. The third kappa shape index (κ3) is 3.18. The number of ether oxygens (including phenoxy) is 2. The summed E-state index contributed by atoms with van der Waals surface area (Å²) in [6, 6.07) is 2.52. The Bertz CT molecular complexity index is 796. The zero-order valence-electron chi connectivity index (χ0n) is 14.1. The lowest BCUT2D eigenvalue weighted by Crippen LogP contribution is -2.08. The number of esters is 1. The molecule has 0 aliphatic heterocycles. The minimum Gasteiger partial charge on any atom is -0.494 e. The van der Waals surface area contributed by atoms with E-state index >= 15 is 0 Å². The molecule has 1 fully saturated rings. The van der Waals surface area contributed by atoms with Crippen molar-refractivity contribution in [1.29, 1.82) is 0 Å². The van der Waals surface area contributed by atoms with Crippen LogP contribution in [0.2, 0.25) is 0 Å². The zero-order valence-corrected chi connectivity index (χ0v) is 14.1. The number of benzene rings is 1. The molecule has 0 bridgehead atoms. The maximum Gasteiger partial charge on any atom is 0.310 e. The van der Waals surface area contributed by atoms with Crippen LogP contribution in [0.3, 0.4) is 0 Å². The first-order valence-electron chi connectivity index (χ1n) is 7.96. The van der Waals surface area contributed by atoms with Crippen LogP contribution < -0.4 is 4.74 Å². The van der Waals surface area contributed by atoms with E-state index in [0.29, 0.717) is 11.4 Å². The molecule has 7 heteroatoms. The van der Waals surface area contributed by atoms with Gasteiger partial charge in [-0.3, -0.25) is 4.79 Å². The molecular formula is C18H18F2N2O3. The Labute approximate surface area is 144 Å². The van der Waals surface area contributed by atoms with E-state index in [2.05, 4.69) is 9.97 Å². The predicted molar refractivity (Wildman–Crippen MR) is 85.3 cm³/mol. The van der Waals surface area contributed by atoms with Crippen molar-refractivity contribution in [3.63, 3.8) is 0 Å². The molecule has 2 aromatic rings. The van der Waals surface area contributed by atoms with Crippen molar-refractivity contribution >= 4 is 5.97 Å². The van der Waals surface area contributed by atoms with Gasteiger partial charge in [0.1, 0.15) is 5.82 Å². The molecule has 1 saturated carbocycles. The van der Waals surface area contributed by atoms with Gasteiger partial charge in [0.25, 0.3) is 0 Å². The van der Waals surface area contributed by atoms with Crippen molar-refractivity contribution in [3.05, 3.63) is 53.1 Å².